The molecule has 10 heteroatoms. The minimum absolute atomic E-state index is 0.00257. The molecule has 188 valence electrons. The Morgan fingerprint density at radius 1 is 1.14 bits per heavy atom. The number of rotatable bonds is 5. The lowest BCUT2D eigenvalue weighted by Crippen LogP contribution is -2.48. The molecule has 0 saturated heterocycles. The summed E-state index contributed by atoms with van der Waals surface area (Å²) in [6.45, 7) is 4.76. The molecule has 0 aliphatic carbocycles. The molecule has 36 heavy (non-hydrogen) atoms. The molecular formula is C26H24F3N3O4. The second-order valence-corrected chi connectivity index (χ2v) is 8.43. The summed E-state index contributed by atoms with van der Waals surface area (Å²) in [6.07, 6.45) is -5.17. The van der Waals surface area contributed by atoms with E-state index >= 15 is 0 Å². The average molecular weight is 499 g/mol. The van der Waals surface area contributed by atoms with Gasteiger partial charge in [0, 0.05) is 17.3 Å². The first kappa shape index (κ1) is 26.5. The number of nitriles is 1. The number of alkyl halides is 3. The third-order valence-electron chi connectivity index (χ3n) is 5.75. The van der Waals surface area contributed by atoms with Gasteiger partial charge in [-0.1, -0.05) is 18.2 Å². The molecule has 1 aliphatic heterocycles. The van der Waals surface area contributed by atoms with Gasteiger partial charge in [-0.2, -0.15) is 18.4 Å². The van der Waals surface area contributed by atoms with Gasteiger partial charge in [-0.05, 0) is 56.7 Å². The van der Waals surface area contributed by atoms with E-state index in [4.69, 9.17) is 20.1 Å². The number of carbonyl (C=O) groups is 2. The van der Waals surface area contributed by atoms with Crippen molar-refractivity contribution in [1.29, 1.82) is 10.7 Å². The van der Waals surface area contributed by atoms with Crippen LogP contribution in [0.5, 0.6) is 0 Å². The summed E-state index contributed by atoms with van der Waals surface area (Å²) < 4.78 is 50.7. The Bertz CT molecular complexity index is 1260. The number of esters is 2. The molecule has 7 nitrogen and oxygen atoms in total. The van der Waals surface area contributed by atoms with E-state index in [1.807, 2.05) is 6.07 Å². The molecular weight excluding hydrogens is 475 g/mol. The molecule has 0 radical (unpaired) electrons. The SMILES string of the molecule is COC(=O)C1C(=N)N(c2cccc(C(F)(F)F)c2)C(C)=C(C(=O)OC(C)C)C1c1ccc(C#N)cc1. The number of amidine groups is 1. The number of ether oxygens (including phenoxy) is 2. The van der Waals surface area contributed by atoms with Crippen molar-refractivity contribution in [1.82, 2.24) is 0 Å². The highest BCUT2D eigenvalue weighted by Crippen LogP contribution is 2.44. The molecule has 2 unspecified atom stereocenters. The first-order chi connectivity index (χ1) is 16.9. The highest BCUT2D eigenvalue weighted by molar-refractivity contribution is 6.14. The Morgan fingerprint density at radius 2 is 1.78 bits per heavy atom. The summed E-state index contributed by atoms with van der Waals surface area (Å²) in [7, 11) is 1.12. The minimum atomic E-state index is -4.64. The van der Waals surface area contributed by atoms with Gasteiger partial charge < -0.3 is 14.4 Å². The summed E-state index contributed by atoms with van der Waals surface area (Å²) in [5, 5.41) is 18.0. The number of methoxy groups -OCH3 is 1. The zero-order valence-corrected chi connectivity index (χ0v) is 20.0. The Balaban J connectivity index is 2.32. The van der Waals surface area contributed by atoms with Crippen molar-refractivity contribution in [2.24, 2.45) is 5.92 Å². The van der Waals surface area contributed by atoms with Gasteiger partial charge >= 0.3 is 18.1 Å². The molecule has 1 N–H and O–H groups in total. The standard InChI is InChI=1S/C26H24F3N3O4/c1-14(2)36-25(34)20-15(3)32(19-7-5-6-18(12-19)26(27,28)29)23(31)22(24(33)35-4)21(20)17-10-8-16(13-30)9-11-17/h5-12,14,21-22,31H,1-4H3. The van der Waals surface area contributed by atoms with Crippen LogP contribution in [0.3, 0.4) is 0 Å². The number of hydrogen-bond donors (Lipinski definition) is 1. The van der Waals surface area contributed by atoms with Crippen molar-refractivity contribution in [3.05, 3.63) is 76.5 Å². The number of nitrogens with one attached hydrogen (secondary N) is 1. The van der Waals surface area contributed by atoms with E-state index in [1.54, 1.807) is 26.0 Å². The fraction of sp³-hybridized carbons (Fsp3) is 0.308. The van der Waals surface area contributed by atoms with Crippen LogP contribution in [-0.2, 0) is 25.2 Å². The van der Waals surface area contributed by atoms with Crippen LogP contribution in [-0.4, -0.2) is 31.0 Å². The van der Waals surface area contributed by atoms with Crippen LogP contribution in [0.4, 0.5) is 18.9 Å². The molecule has 0 bridgehead atoms. The molecule has 0 spiro atoms. The maximum atomic E-state index is 13.4. The van der Waals surface area contributed by atoms with E-state index in [2.05, 4.69) is 0 Å². The normalized spacial score (nSPS) is 18.2. The largest absolute Gasteiger partial charge is 0.468 e. The first-order valence-electron chi connectivity index (χ1n) is 11.0. The summed E-state index contributed by atoms with van der Waals surface area (Å²) in [6, 6.07) is 12.4. The van der Waals surface area contributed by atoms with Gasteiger partial charge in [0.2, 0.25) is 0 Å². The van der Waals surface area contributed by atoms with Crippen molar-refractivity contribution in [2.45, 2.75) is 39.0 Å². The summed E-state index contributed by atoms with van der Waals surface area (Å²) in [5.74, 6) is -4.42. The maximum Gasteiger partial charge on any atom is 0.416 e. The number of anilines is 1. The predicted molar refractivity (Wildman–Crippen MR) is 125 cm³/mol. The van der Waals surface area contributed by atoms with E-state index in [0.29, 0.717) is 11.1 Å². The highest BCUT2D eigenvalue weighted by atomic mass is 19.4. The van der Waals surface area contributed by atoms with E-state index in [1.165, 1.54) is 31.2 Å². The van der Waals surface area contributed by atoms with Crippen LogP contribution < -0.4 is 4.90 Å². The molecule has 0 aromatic heterocycles. The monoisotopic (exact) mass is 499 g/mol. The maximum absolute atomic E-state index is 13.4. The van der Waals surface area contributed by atoms with Crippen molar-refractivity contribution >= 4 is 23.5 Å². The van der Waals surface area contributed by atoms with Gasteiger partial charge in [0.25, 0.3) is 0 Å². The highest BCUT2D eigenvalue weighted by Gasteiger charge is 2.47. The Hall–Kier alpha value is -4.13. The zero-order valence-electron chi connectivity index (χ0n) is 20.0. The Labute approximate surface area is 206 Å². The number of hydrogen-bond acceptors (Lipinski definition) is 6. The predicted octanol–water partition coefficient (Wildman–Crippen LogP) is 5.17. The lowest BCUT2D eigenvalue weighted by atomic mass is 9.75. The van der Waals surface area contributed by atoms with Crippen LogP contribution >= 0.6 is 0 Å². The zero-order chi connectivity index (χ0) is 26.8. The lowest BCUT2D eigenvalue weighted by molar-refractivity contribution is -0.145. The molecule has 2 aromatic carbocycles. The second kappa shape index (κ2) is 10.2. The van der Waals surface area contributed by atoms with E-state index in [9.17, 15) is 22.8 Å². The Kier molecular flexibility index (Phi) is 7.53. The van der Waals surface area contributed by atoms with E-state index in [-0.39, 0.29) is 22.8 Å². The Morgan fingerprint density at radius 3 is 2.31 bits per heavy atom. The van der Waals surface area contributed by atoms with Gasteiger partial charge in [-0.25, -0.2) is 4.79 Å². The third kappa shape index (κ3) is 5.10. The fourth-order valence-electron chi connectivity index (χ4n) is 4.19. The number of halogens is 3. The van der Waals surface area contributed by atoms with Crippen LogP contribution in [0, 0.1) is 22.7 Å². The van der Waals surface area contributed by atoms with E-state index < -0.39 is 41.6 Å². The summed E-state index contributed by atoms with van der Waals surface area (Å²) >= 11 is 0. The number of benzene rings is 2. The summed E-state index contributed by atoms with van der Waals surface area (Å²) in [5.41, 5.74) is -0.0773. The first-order valence-corrected chi connectivity index (χ1v) is 11.0. The molecule has 1 heterocycles. The van der Waals surface area contributed by atoms with E-state index in [0.717, 1.165) is 24.1 Å². The van der Waals surface area contributed by atoms with Gasteiger partial charge in [0.1, 0.15) is 11.8 Å². The van der Waals surface area contributed by atoms with Gasteiger partial charge in [-0.3, -0.25) is 10.2 Å². The fourth-order valence-corrected chi connectivity index (χ4v) is 4.19. The molecule has 0 saturated carbocycles. The summed E-state index contributed by atoms with van der Waals surface area (Å²) in [4.78, 5) is 27.5. The lowest BCUT2D eigenvalue weighted by Gasteiger charge is -2.40. The third-order valence-corrected chi connectivity index (χ3v) is 5.75. The van der Waals surface area contributed by atoms with Gasteiger partial charge in [0.15, 0.2) is 0 Å². The van der Waals surface area contributed by atoms with Crippen molar-refractivity contribution in [2.75, 3.05) is 12.0 Å². The van der Waals surface area contributed by atoms with Gasteiger partial charge in [0.05, 0.1) is 36.0 Å². The van der Waals surface area contributed by atoms with Crippen molar-refractivity contribution in [3.8, 4) is 6.07 Å². The van der Waals surface area contributed by atoms with Crippen LogP contribution in [0.2, 0.25) is 0 Å². The van der Waals surface area contributed by atoms with Crippen molar-refractivity contribution < 1.29 is 32.2 Å². The smallest absolute Gasteiger partial charge is 0.416 e. The quantitative estimate of drug-likeness (QED) is 0.569. The van der Waals surface area contributed by atoms with Crippen LogP contribution in [0.25, 0.3) is 0 Å². The number of nitrogens with zero attached hydrogens (tertiary/aromatic N) is 2. The molecule has 1 aliphatic rings. The minimum Gasteiger partial charge on any atom is -0.468 e. The van der Waals surface area contributed by atoms with Crippen molar-refractivity contribution in [3.63, 3.8) is 0 Å². The second-order valence-electron chi connectivity index (χ2n) is 8.43. The molecule has 0 fully saturated rings. The topological polar surface area (TPSA) is 103 Å². The number of carbonyl (C=O) groups excluding carboxylic acids is 2. The van der Waals surface area contributed by atoms with Crippen LogP contribution in [0.1, 0.15) is 43.4 Å². The van der Waals surface area contributed by atoms with Crippen LogP contribution in [0.15, 0.2) is 59.8 Å². The van der Waals surface area contributed by atoms with Gasteiger partial charge in [-0.15, -0.1) is 0 Å². The molecule has 2 atom stereocenters. The molecule has 2 aromatic rings. The average Bonchev–Trinajstić information content (AvgIpc) is 2.82. The molecule has 0 amide bonds. The molecule has 3 rings (SSSR count). The number of allylic oxidation sites excluding steroid dienone is 1.